The van der Waals surface area contributed by atoms with Gasteiger partial charge >= 0.3 is 12.7 Å². The minimum Gasteiger partial charge on any atom is -0.508 e. The molecule has 3 N–H and O–H groups in total. The minimum atomic E-state index is -4.92. The number of nitrogens with two attached hydrogens (primary N) is 1. The number of benzene rings is 2. The fourth-order valence-corrected chi connectivity index (χ4v) is 2.04. The Bertz CT molecular complexity index is 734. The van der Waals surface area contributed by atoms with Gasteiger partial charge in [-0.2, -0.15) is 0 Å². The summed E-state index contributed by atoms with van der Waals surface area (Å²) in [5, 5.41) is 9.78. The Kier molecular flexibility index (Phi) is 6.61. The lowest BCUT2D eigenvalue weighted by Crippen LogP contribution is -2.18. The maximum absolute atomic E-state index is 12.3. The Labute approximate surface area is 149 Å². The lowest BCUT2D eigenvalue weighted by atomic mass is 9.98. The smallest absolute Gasteiger partial charge is 0.508 e. The van der Waals surface area contributed by atoms with Crippen molar-refractivity contribution >= 4 is 12.4 Å². The van der Waals surface area contributed by atoms with Crippen LogP contribution < -0.4 is 15.2 Å². The average molecular weight is 404 g/mol. The molecule has 0 heterocycles. The summed E-state index contributed by atoms with van der Waals surface area (Å²) >= 11 is 0. The van der Waals surface area contributed by atoms with E-state index in [0.717, 1.165) is 30.3 Å². The zero-order valence-corrected chi connectivity index (χ0v) is 13.5. The van der Waals surface area contributed by atoms with E-state index in [9.17, 15) is 31.4 Å². The Morgan fingerprint density at radius 1 is 0.808 bits per heavy atom. The van der Waals surface area contributed by atoms with Gasteiger partial charge < -0.3 is 20.3 Å². The first-order valence-electron chi connectivity index (χ1n) is 6.64. The van der Waals surface area contributed by atoms with Crippen LogP contribution in [-0.2, 0) is 0 Å². The van der Waals surface area contributed by atoms with E-state index in [4.69, 9.17) is 5.73 Å². The van der Waals surface area contributed by atoms with E-state index >= 15 is 0 Å². The van der Waals surface area contributed by atoms with Crippen LogP contribution in [0, 0.1) is 0 Å². The maximum atomic E-state index is 12.3. The van der Waals surface area contributed by atoms with Gasteiger partial charge in [-0.25, -0.2) is 0 Å². The third kappa shape index (κ3) is 6.19. The van der Waals surface area contributed by atoms with Crippen LogP contribution in [-0.4, -0.2) is 17.8 Å². The summed E-state index contributed by atoms with van der Waals surface area (Å²) < 4.78 is 80.6. The molecule has 0 aliphatic rings. The van der Waals surface area contributed by atoms with E-state index in [1.165, 1.54) is 12.1 Å². The maximum Gasteiger partial charge on any atom is 0.573 e. The third-order valence-corrected chi connectivity index (χ3v) is 3.04. The fraction of sp³-hybridized carbons (Fsp3) is 0.200. The molecule has 0 saturated carbocycles. The van der Waals surface area contributed by atoms with Gasteiger partial charge in [-0.3, -0.25) is 0 Å². The third-order valence-electron chi connectivity index (χ3n) is 3.04. The Hall–Kier alpha value is -2.33. The molecule has 2 aromatic carbocycles. The summed E-state index contributed by atoms with van der Waals surface area (Å²) in [5.74, 6) is -1.47. The fourth-order valence-electron chi connectivity index (χ4n) is 2.04. The number of aromatic hydroxyl groups is 1. The molecule has 11 heteroatoms. The molecule has 0 unspecified atom stereocenters. The molecule has 1 atom stereocenters. The number of rotatable bonds is 4. The topological polar surface area (TPSA) is 64.7 Å². The first-order chi connectivity index (χ1) is 11.4. The summed E-state index contributed by atoms with van der Waals surface area (Å²) in [5.41, 5.74) is 6.02. The highest BCUT2D eigenvalue weighted by molar-refractivity contribution is 5.85. The van der Waals surface area contributed by atoms with Crippen molar-refractivity contribution in [2.75, 3.05) is 0 Å². The van der Waals surface area contributed by atoms with Gasteiger partial charge in [0.15, 0.2) is 0 Å². The van der Waals surface area contributed by atoms with E-state index < -0.39 is 36.0 Å². The molecule has 0 amide bonds. The highest BCUT2D eigenvalue weighted by atomic mass is 35.5. The van der Waals surface area contributed by atoms with Crippen LogP contribution in [0.1, 0.15) is 17.2 Å². The van der Waals surface area contributed by atoms with Crippen LogP contribution in [0.2, 0.25) is 0 Å². The molecule has 0 saturated heterocycles. The standard InChI is InChI=1S/C15H11F6NO3.ClH/c16-14(17,18)24-9-3-1-8(2-4-9)13(22)11-7-10(5-6-12(11)23)25-15(19,20)21;/h1-7,13,23H,22H2;1H/t13-;/m0./s1. The second-order valence-corrected chi connectivity index (χ2v) is 4.86. The molecule has 2 rings (SSSR count). The first kappa shape index (κ1) is 21.7. The molecule has 2 aromatic rings. The van der Waals surface area contributed by atoms with E-state index in [2.05, 4.69) is 9.47 Å². The minimum absolute atomic E-state index is 0. The predicted octanol–water partition coefficient (Wildman–Crippen LogP) is 4.66. The van der Waals surface area contributed by atoms with Crippen molar-refractivity contribution in [2.45, 2.75) is 18.8 Å². The summed E-state index contributed by atoms with van der Waals surface area (Å²) in [4.78, 5) is 0. The van der Waals surface area contributed by atoms with Crippen LogP contribution in [0.25, 0.3) is 0 Å². The number of hydrogen-bond acceptors (Lipinski definition) is 4. The van der Waals surface area contributed by atoms with Gasteiger partial charge in [-0.1, -0.05) is 12.1 Å². The Morgan fingerprint density at radius 2 is 1.27 bits per heavy atom. The lowest BCUT2D eigenvalue weighted by molar-refractivity contribution is -0.275. The van der Waals surface area contributed by atoms with Gasteiger partial charge in [0.05, 0.1) is 6.04 Å². The number of ether oxygens (including phenoxy) is 2. The van der Waals surface area contributed by atoms with Gasteiger partial charge in [-0.15, -0.1) is 38.7 Å². The Balaban J connectivity index is 0.00000338. The SMILES string of the molecule is Cl.N[C@@H](c1ccc(OC(F)(F)F)cc1)c1cc(OC(F)(F)F)ccc1O. The monoisotopic (exact) mass is 403 g/mol. The van der Waals surface area contributed by atoms with Crippen molar-refractivity contribution in [3.8, 4) is 17.2 Å². The molecule has 144 valence electrons. The highest BCUT2D eigenvalue weighted by Gasteiger charge is 2.32. The number of hydrogen-bond donors (Lipinski definition) is 2. The van der Waals surface area contributed by atoms with Gasteiger partial charge in [0.25, 0.3) is 0 Å². The molecule has 0 aromatic heterocycles. The zero-order valence-electron chi connectivity index (χ0n) is 12.6. The van der Waals surface area contributed by atoms with Gasteiger partial charge in [0.1, 0.15) is 17.2 Å². The molecular weight excluding hydrogens is 392 g/mol. The van der Waals surface area contributed by atoms with Gasteiger partial charge in [0, 0.05) is 5.56 Å². The number of phenols is 1. The average Bonchev–Trinajstić information content (AvgIpc) is 2.46. The van der Waals surface area contributed by atoms with Crippen molar-refractivity contribution in [1.29, 1.82) is 0 Å². The van der Waals surface area contributed by atoms with E-state index in [1.807, 2.05) is 0 Å². The van der Waals surface area contributed by atoms with Gasteiger partial charge in [-0.05, 0) is 35.9 Å². The number of phenolic OH excluding ortho intramolecular Hbond substituents is 1. The van der Waals surface area contributed by atoms with Crippen molar-refractivity contribution in [3.05, 3.63) is 53.6 Å². The van der Waals surface area contributed by atoms with Crippen molar-refractivity contribution in [2.24, 2.45) is 5.73 Å². The van der Waals surface area contributed by atoms with Crippen LogP contribution in [0.4, 0.5) is 26.3 Å². The second kappa shape index (κ2) is 7.92. The van der Waals surface area contributed by atoms with Gasteiger partial charge in [0.2, 0.25) is 0 Å². The molecule has 0 radical (unpaired) electrons. The summed E-state index contributed by atoms with van der Waals surface area (Å²) in [6.45, 7) is 0. The molecule has 0 aliphatic carbocycles. The summed E-state index contributed by atoms with van der Waals surface area (Å²) in [7, 11) is 0. The van der Waals surface area contributed by atoms with Crippen LogP contribution in [0.15, 0.2) is 42.5 Å². The molecule has 4 nitrogen and oxygen atoms in total. The van der Waals surface area contributed by atoms with E-state index in [0.29, 0.717) is 0 Å². The van der Waals surface area contributed by atoms with Crippen LogP contribution in [0.5, 0.6) is 17.2 Å². The molecular formula is C15H12ClF6NO3. The normalized spacial score (nSPS) is 12.9. The molecule has 0 fully saturated rings. The number of alkyl halides is 6. The second-order valence-electron chi connectivity index (χ2n) is 4.86. The first-order valence-corrected chi connectivity index (χ1v) is 6.64. The molecule has 0 aliphatic heterocycles. The molecule has 26 heavy (non-hydrogen) atoms. The van der Waals surface area contributed by atoms with Crippen molar-refractivity contribution in [3.63, 3.8) is 0 Å². The lowest BCUT2D eigenvalue weighted by Gasteiger charge is -2.17. The summed E-state index contributed by atoms with van der Waals surface area (Å²) in [6, 6.07) is 6.05. The number of halogens is 7. The summed E-state index contributed by atoms with van der Waals surface area (Å²) in [6.07, 6.45) is -9.78. The highest BCUT2D eigenvalue weighted by Crippen LogP contribution is 2.34. The van der Waals surface area contributed by atoms with Crippen LogP contribution in [0.3, 0.4) is 0 Å². The molecule has 0 bridgehead atoms. The van der Waals surface area contributed by atoms with Crippen molar-refractivity contribution in [1.82, 2.24) is 0 Å². The quantitative estimate of drug-likeness (QED) is 0.729. The molecule has 0 spiro atoms. The van der Waals surface area contributed by atoms with E-state index in [1.54, 1.807) is 0 Å². The largest absolute Gasteiger partial charge is 0.573 e. The Morgan fingerprint density at radius 3 is 1.77 bits per heavy atom. The predicted molar refractivity (Wildman–Crippen MR) is 81.2 cm³/mol. The zero-order chi connectivity index (χ0) is 18.8. The van der Waals surface area contributed by atoms with Crippen LogP contribution >= 0.6 is 12.4 Å². The van der Waals surface area contributed by atoms with E-state index in [-0.39, 0.29) is 23.5 Å². The van der Waals surface area contributed by atoms with Crippen molar-refractivity contribution < 1.29 is 40.9 Å².